The number of aromatic nitrogens is 2. The number of hydrogen-bond donors (Lipinski definition) is 2. The van der Waals surface area contributed by atoms with Gasteiger partial charge in [-0.1, -0.05) is 43.0 Å². The predicted molar refractivity (Wildman–Crippen MR) is 117 cm³/mol. The largest absolute Gasteiger partial charge is 0.416 e. The molecule has 2 aromatic carbocycles. The summed E-state index contributed by atoms with van der Waals surface area (Å²) in [6.07, 6.45) is -3.37. The van der Waals surface area contributed by atoms with E-state index in [0.717, 1.165) is 30.1 Å². The highest BCUT2D eigenvalue weighted by atomic mass is 32.2. The molecule has 33 heavy (non-hydrogen) atoms. The highest BCUT2D eigenvalue weighted by molar-refractivity contribution is 8.00. The minimum absolute atomic E-state index is 0.00180. The van der Waals surface area contributed by atoms with Gasteiger partial charge in [0.1, 0.15) is 0 Å². The third-order valence-corrected chi connectivity index (χ3v) is 7.49. The number of carbonyl (C=O) groups is 1. The minimum atomic E-state index is -4.55. The van der Waals surface area contributed by atoms with E-state index >= 15 is 0 Å². The van der Waals surface area contributed by atoms with Crippen LogP contribution in [-0.2, 0) is 20.8 Å². The average molecular weight is 498 g/mol. The van der Waals surface area contributed by atoms with Gasteiger partial charge in [0.15, 0.2) is 10.1 Å². The zero-order valence-electron chi connectivity index (χ0n) is 17.1. The van der Waals surface area contributed by atoms with Gasteiger partial charge in [0.05, 0.1) is 21.9 Å². The summed E-state index contributed by atoms with van der Waals surface area (Å²) >= 11 is 0.859. The first kappa shape index (κ1) is 24.5. The number of sulfone groups is 1. The molecule has 174 valence electrons. The van der Waals surface area contributed by atoms with Crippen LogP contribution in [0.25, 0.3) is 0 Å². The lowest BCUT2D eigenvalue weighted by molar-refractivity contribution is -0.137. The first-order valence-electron chi connectivity index (χ1n) is 9.56. The lowest BCUT2D eigenvalue weighted by Crippen LogP contribution is -2.26. The second-order valence-electron chi connectivity index (χ2n) is 6.78. The Morgan fingerprint density at radius 3 is 2.45 bits per heavy atom. The fourth-order valence-corrected chi connectivity index (χ4v) is 4.92. The Morgan fingerprint density at radius 2 is 1.85 bits per heavy atom. The van der Waals surface area contributed by atoms with Crippen LogP contribution in [0.1, 0.15) is 18.9 Å². The summed E-state index contributed by atoms with van der Waals surface area (Å²) in [6, 6.07) is 11.6. The van der Waals surface area contributed by atoms with Crippen LogP contribution < -0.4 is 10.9 Å². The van der Waals surface area contributed by atoms with Crippen LogP contribution in [0.4, 0.5) is 18.9 Å². The van der Waals surface area contributed by atoms with Gasteiger partial charge in [-0.2, -0.15) is 13.2 Å². The lowest BCUT2D eigenvalue weighted by atomic mass is 10.2. The number of carbonyl (C=O) groups excluding carboxylic acids is 1. The number of nitrogens with one attached hydrogen (secondary N) is 2. The molecule has 0 bridgehead atoms. The third kappa shape index (κ3) is 5.82. The van der Waals surface area contributed by atoms with E-state index in [1.54, 1.807) is 13.0 Å². The molecule has 0 fully saturated rings. The number of alkyl halides is 3. The van der Waals surface area contributed by atoms with E-state index < -0.39 is 43.2 Å². The Kier molecular flexibility index (Phi) is 7.28. The molecule has 0 aliphatic carbocycles. The van der Waals surface area contributed by atoms with Crippen molar-refractivity contribution in [2.45, 2.75) is 39.7 Å². The molecule has 1 aromatic heterocycles. The number of anilines is 1. The number of halogens is 3. The second-order valence-corrected chi connectivity index (χ2v) is 9.89. The topological polar surface area (TPSA) is 109 Å². The summed E-state index contributed by atoms with van der Waals surface area (Å²) in [7, 11) is -4.08. The number of aromatic amines is 1. The van der Waals surface area contributed by atoms with Gasteiger partial charge >= 0.3 is 6.18 Å². The van der Waals surface area contributed by atoms with Crippen molar-refractivity contribution in [1.82, 2.24) is 9.97 Å². The molecule has 3 rings (SSSR count). The van der Waals surface area contributed by atoms with Crippen LogP contribution in [-0.4, -0.2) is 29.5 Å². The van der Waals surface area contributed by atoms with Gasteiger partial charge in [-0.25, -0.2) is 13.4 Å². The Hall–Kier alpha value is -3.12. The van der Waals surface area contributed by atoms with Crippen molar-refractivity contribution in [2.75, 3.05) is 5.32 Å². The first-order chi connectivity index (χ1) is 15.5. The Morgan fingerprint density at radius 1 is 1.15 bits per heavy atom. The monoisotopic (exact) mass is 497 g/mol. The van der Waals surface area contributed by atoms with Crippen LogP contribution in [0.2, 0.25) is 0 Å². The molecule has 0 aliphatic heterocycles. The minimum Gasteiger partial charge on any atom is -0.325 e. The molecule has 1 amide bonds. The summed E-state index contributed by atoms with van der Waals surface area (Å²) in [5, 5.41) is 1.61. The maximum atomic E-state index is 12.9. The Bertz CT molecular complexity index is 1310. The number of thioether (sulfide) groups is 1. The summed E-state index contributed by atoms with van der Waals surface area (Å²) in [6.45, 7) is 1.68. The summed E-state index contributed by atoms with van der Waals surface area (Å²) in [5.41, 5.74) is -1.83. The van der Waals surface area contributed by atoms with Crippen molar-refractivity contribution in [2.24, 2.45) is 0 Å². The van der Waals surface area contributed by atoms with Crippen molar-refractivity contribution in [3.05, 3.63) is 76.7 Å². The van der Waals surface area contributed by atoms with Gasteiger partial charge in [-0.15, -0.1) is 0 Å². The molecule has 1 heterocycles. The van der Waals surface area contributed by atoms with E-state index in [0.29, 0.717) is 0 Å². The Balaban J connectivity index is 1.77. The number of nitrogens with zero attached hydrogens (tertiary/aromatic N) is 1. The zero-order valence-corrected chi connectivity index (χ0v) is 18.7. The van der Waals surface area contributed by atoms with Gasteiger partial charge in [-0.3, -0.25) is 9.59 Å². The summed E-state index contributed by atoms with van der Waals surface area (Å²) in [4.78, 5) is 30.7. The number of amides is 1. The van der Waals surface area contributed by atoms with Gasteiger partial charge < -0.3 is 10.3 Å². The lowest BCUT2D eigenvalue weighted by Gasteiger charge is -2.15. The number of benzene rings is 2. The number of hydrogen-bond acceptors (Lipinski definition) is 6. The molecule has 0 unspecified atom stereocenters. The molecule has 12 heteroatoms. The third-order valence-electron chi connectivity index (χ3n) is 4.46. The molecular weight excluding hydrogens is 479 g/mol. The Labute approximate surface area is 191 Å². The highest BCUT2D eigenvalue weighted by Crippen LogP contribution is 2.31. The summed E-state index contributed by atoms with van der Waals surface area (Å²) in [5.74, 6) is -0.592. The van der Waals surface area contributed by atoms with Gasteiger partial charge in [0.25, 0.3) is 5.56 Å². The van der Waals surface area contributed by atoms with E-state index in [1.165, 1.54) is 36.4 Å². The zero-order chi connectivity index (χ0) is 24.2. The van der Waals surface area contributed by atoms with Gasteiger partial charge in [0, 0.05) is 5.69 Å². The van der Waals surface area contributed by atoms with Crippen LogP contribution in [0.5, 0.6) is 0 Å². The molecular formula is C21H18F3N3O4S2. The molecule has 2 N–H and O–H groups in total. The van der Waals surface area contributed by atoms with Crippen molar-refractivity contribution in [1.29, 1.82) is 0 Å². The standard InChI is InChI=1S/C21H18F3N3O4S2/c1-2-16(18(28)26-14-8-6-7-13(11-14)21(22,23)24)32-20-25-12-17(19(29)27-20)33(30,31)15-9-4-3-5-10-15/h3-12,16H,2H2,1H3,(H,26,28)(H,25,27,29)/t16-/m1/s1. The van der Waals surface area contributed by atoms with E-state index in [-0.39, 0.29) is 22.2 Å². The smallest absolute Gasteiger partial charge is 0.325 e. The second kappa shape index (κ2) is 9.79. The number of rotatable bonds is 7. The van der Waals surface area contributed by atoms with Crippen LogP contribution >= 0.6 is 11.8 Å². The molecule has 0 saturated carbocycles. The van der Waals surface area contributed by atoms with Crippen LogP contribution in [0, 0.1) is 0 Å². The molecule has 7 nitrogen and oxygen atoms in total. The predicted octanol–water partition coefficient (Wildman–Crippen LogP) is 4.13. The van der Waals surface area contributed by atoms with Crippen LogP contribution in [0.3, 0.4) is 0 Å². The maximum Gasteiger partial charge on any atom is 0.416 e. The van der Waals surface area contributed by atoms with Crippen molar-refractivity contribution in [3.8, 4) is 0 Å². The molecule has 0 saturated heterocycles. The van der Waals surface area contributed by atoms with E-state index in [4.69, 9.17) is 0 Å². The number of H-pyrrole nitrogens is 1. The van der Waals surface area contributed by atoms with Gasteiger partial charge in [-0.05, 0) is 36.8 Å². The van der Waals surface area contributed by atoms with Crippen molar-refractivity contribution in [3.63, 3.8) is 0 Å². The summed E-state index contributed by atoms with van der Waals surface area (Å²) < 4.78 is 63.9. The van der Waals surface area contributed by atoms with Crippen molar-refractivity contribution >= 4 is 33.2 Å². The molecule has 0 spiro atoms. The van der Waals surface area contributed by atoms with Crippen LogP contribution in [0.15, 0.2) is 80.5 Å². The maximum absolute atomic E-state index is 12.9. The van der Waals surface area contributed by atoms with E-state index in [1.807, 2.05) is 0 Å². The average Bonchev–Trinajstić information content (AvgIpc) is 2.77. The van der Waals surface area contributed by atoms with E-state index in [2.05, 4.69) is 15.3 Å². The molecule has 0 aliphatic rings. The quantitative estimate of drug-likeness (QED) is 0.375. The molecule has 3 aromatic rings. The SMILES string of the molecule is CC[C@@H](Sc1ncc(S(=O)(=O)c2ccccc2)c(=O)[nH]1)C(=O)Nc1cccc(C(F)(F)F)c1. The fourth-order valence-electron chi connectivity index (χ4n) is 2.80. The first-order valence-corrected chi connectivity index (χ1v) is 11.9. The molecule has 1 atom stereocenters. The van der Waals surface area contributed by atoms with Gasteiger partial charge in [0.2, 0.25) is 15.7 Å². The van der Waals surface area contributed by atoms with Crippen molar-refractivity contribution < 1.29 is 26.4 Å². The van der Waals surface area contributed by atoms with E-state index in [9.17, 15) is 31.2 Å². The normalized spacial score (nSPS) is 12.8. The molecule has 0 radical (unpaired) electrons. The highest BCUT2D eigenvalue weighted by Gasteiger charge is 2.31. The fraction of sp³-hybridized carbons (Fsp3) is 0.190.